The second-order valence-corrected chi connectivity index (χ2v) is 5.21. The summed E-state index contributed by atoms with van der Waals surface area (Å²) in [5, 5.41) is 11.4. The number of benzene rings is 1. The topological polar surface area (TPSA) is 32.7 Å². The average molecular weight is 306 g/mol. The smallest absolute Gasteiger partial charge is 0.119 e. The molecule has 4 heteroatoms. The lowest BCUT2D eigenvalue weighted by atomic mass is 9.71. The molecule has 0 heterocycles. The molecule has 20 heavy (non-hydrogen) atoms. The van der Waals surface area contributed by atoms with Gasteiger partial charge in [-0.15, -0.1) is 12.4 Å². The molecule has 3 nitrogen and oxygen atoms in total. The molecule has 0 aromatic heterocycles. The molecule has 2 atom stereocenters. The summed E-state index contributed by atoms with van der Waals surface area (Å²) in [6.07, 6.45) is 2.65. The lowest BCUT2D eigenvalue weighted by Crippen LogP contribution is -2.43. The largest absolute Gasteiger partial charge is 0.497 e. The van der Waals surface area contributed by atoms with E-state index in [-0.39, 0.29) is 19.0 Å². The molecule has 1 aromatic carbocycles. The lowest BCUT2D eigenvalue weighted by Gasteiger charge is -2.41. The number of ether oxygens (including phenoxy) is 1. The molecular formula is C16H26ClNO2. The van der Waals surface area contributed by atoms with Crippen LogP contribution < -0.4 is 4.74 Å². The van der Waals surface area contributed by atoms with Crippen LogP contribution in [0.15, 0.2) is 24.3 Å². The van der Waals surface area contributed by atoms with Gasteiger partial charge < -0.3 is 14.7 Å². The van der Waals surface area contributed by atoms with Crippen molar-refractivity contribution in [1.82, 2.24) is 4.90 Å². The van der Waals surface area contributed by atoms with Gasteiger partial charge in [-0.2, -0.15) is 0 Å². The van der Waals surface area contributed by atoms with Gasteiger partial charge in [-0.1, -0.05) is 25.0 Å². The summed E-state index contributed by atoms with van der Waals surface area (Å²) in [6, 6.07) is 7.04. The van der Waals surface area contributed by atoms with Gasteiger partial charge in [0.2, 0.25) is 0 Å². The van der Waals surface area contributed by atoms with Gasteiger partial charge in [0.1, 0.15) is 5.75 Å². The first-order valence-corrected chi connectivity index (χ1v) is 6.63. The third kappa shape index (κ3) is 3.66. The van der Waals surface area contributed by atoms with Crippen molar-refractivity contribution < 1.29 is 18.1 Å². The summed E-state index contributed by atoms with van der Waals surface area (Å²) in [6.45, 7) is -5.73. The molecule has 0 amide bonds. The number of nitrogens with zero attached hydrogens (tertiary/aromatic N) is 1. The summed E-state index contributed by atoms with van der Waals surface area (Å²) in [7, 11) is 1.53. The van der Waals surface area contributed by atoms with E-state index in [9.17, 15) is 5.11 Å². The molecule has 1 fully saturated rings. The molecule has 1 saturated carbocycles. The molecule has 2 rings (SSSR count). The second-order valence-electron chi connectivity index (χ2n) is 5.21. The molecule has 1 unspecified atom stereocenters. The first-order chi connectivity index (χ1) is 11.5. The Balaban J connectivity index is 0.00000338. The van der Waals surface area contributed by atoms with Crippen molar-refractivity contribution in [2.45, 2.75) is 31.3 Å². The fourth-order valence-electron chi connectivity index (χ4n) is 2.96. The fraction of sp³-hybridized carbons (Fsp3) is 0.625. The summed E-state index contributed by atoms with van der Waals surface area (Å²) in [5.74, 6) is 0.105. The first kappa shape index (κ1) is 10.0. The van der Waals surface area contributed by atoms with Crippen LogP contribution in [0, 0.1) is 5.92 Å². The molecule has 0 radical (unpaired) electrons. The van der Waals surface area contributed by atoms with E-state index in [1.54, 1.807) is 24.3 Å². The van der Waals surface area contributed by atoms with Crippen molar-refractivity contribution in [3.8, 4) is 5.75 Å². The third-order valence-electron chi connectivity index (χ3n) is 4.01. The summed E-state index contributed by atoms with van der Waals surface area (Å²) in [5.41, 5.74) is -0.644. The number of hydrogen-bond acceptors (Lipinski definition) is 3. The Morgan fingerprint density at radius 2 is 2.25 bits per heavy atom. The summed E-state index contributed by atoms with van der Waals surface area (Å²) < 4.78 is 50.6. The molecule has 0 saturated heterocycles. The molecule has 1 N–H and O–H groups in total. The minimum absolute atomic E-state index is 0. The predicted molar refractivity (Wildman–Crippen MR) is 84.7 cm³/mol. The number of rotatable bonds is 4. The maximum absolute atomic E-state index is 11.4. The van der Waals surface area contributed by atoms with Crippen molar-refractivity contribution in [2.24, 2.45) is 5.92 Å². The Labute approximate surface area is 136 Å². The van der Waals surface area contributed by atoms with Crippen LogP contribution >= 0.6 is 12.4 Å². The van der Waals surface area contributed by atoms with Crippen LogP contribution in [0.3, 0.4) is 0 Å². The van der Waals surface area contributed by atoms with E-state index in [0.29, 0.717) is 29.1 Å². The molecule has 1 aliphatic carbocycles. The Hall–Kier alpha value is -0.770. The van der Waals surface area contributed by atoms with E-state index in [1.165, 1.54) is 7.11 Å². The van der Waals surface area contributed by atoms with Crippen molar-refractivity contribution in [2.75, 3.05) is 27.6 Å². The molecular weight excluding hydrogens is 274 g/mol. The Bertz CT molecular complexity index is 581. The van der Waals surface area contributed by atoms with Crippen molar-refractivity contribution in [3.63, 3.8) is 0 Å². The maximum atomic E-state index is 11.4. The van der Waals surface area contributed by atoms with Gasteiger partial charge in [0.25, 0.3) is 0 Å². The number of aliphatic hydroxyl groups is 1. The van der Waals surface area contributed by atoms with E-state index in [0.717, 1.165) is 12.8 Å². The molecule has 0 spiro atoms. The van der Waals surface area contributed by atoms with Gasteiger partial charge in [0.05, 0.1) is 12.7 Å². The Morgan fingerprint density at radius 3 is 2.95 bits per heavy atom. The number of halogens is 1. The van der Waals surface area contributed by atoms with Crippen LogP contribution in [0.4, 0.5) is 0 Å². The molecule has 1 aromatic rings. The van der Waals surface area contributed by atoms with Gasteiger partial charge in [-0.25, -0.2) is 0 Å². The molecule has 0 aliphatic heterocycles. The zero-order chi connectivity index (χ0) is 18.9. The highest BCUT2D eigenvalue weighted by Gasteiger charge is 2.40. The second kappa shape index (κ2) is 7.30. The Morgan fingerprint density at radius 1 is 1.45 bits per heavy atom. The average Bonchev–Trinajstić information content (AvgIpc) is 2.51. The minimum atomic E-state index is -2.75. The predicted octanol–water partition coefficient (Wildman–Crippen LogP) is 3.06. The lowest BCUT2D eigenvalue weighted by molar-refractivity contribution is -0.0619. The third-order valence-corrected chi connectivity index (χ3v) is 4.01. The van der Waals surface area contributed by atoms with Gasteiger partial charge in [0, 0.05) is 20.7 Å². The standard InChI is InChI=1S/C16H25NO2.ClH/c1-17(2)12-14-7-4-5-10-16(14,18)13-8-6-9-15(11-13)19-3;/h6,8-9,11,14,18H,4-5,7,10,12H2,1-3H3;1H/t14?,16-;/m0./s1/i1D3,2D3;. The SMILES string of the molecule is Cl.[2H]C([2H])([2H])N(CC1CCCC[C@]1(O)c1cccc(OC)c1)C([2H])([2H])[2H]. The Kier molecular flexibility index (Phi) is 3.66. The maximum Gasteiger partial charge on any atom is 0.119 e. The van der Waals surface area contributed by atoms with E-state index in [1.807, 2.05) is 0 Å². The highest BCUT2D eigenvalue weighted by molar-refractivity contribution is 5.85. The highest BCUT2D eigenvalue weighted by atomic mass is 35.5. The van der Waals surface area contributed by atoms with Crippen LogP contribution in [0.1, 0.15) is 39.5 Å². The van der Waals surface area contributed by atoms with Crippen LogP contribution in [-0.4, -0.2) is 37.6 Å². The summed E-state index contributed by atoms with van der Waals surface area (Å²) in [4.78, 5) is 0.543. The van der Waals surface area contributed by atoms with Gasteiger partial charge >= 0.3 is 0 Å². The van der Waals surface area contributed by atoms with Crippen LogP contribution in [0.25, 0.3) is 0 Å². The highest BCUT2D eigenvalue weighted by Crippen LogP contribution is 2.42. The van der Waals surface area contributed by atoms with E-state index in [4.69, 9.17) is 13.0 Å². The van der Waals surface area contributed by atoms with Gasteiger partial charge in [0.15, 0.2) is 0 Å². The van der Waals surface area contributed by atoms with Crippen molar-refractivity contribution >= 4 is 12.4 Å². The zero-order valence-corrected chi connectivity index (χ0v) is 12.4. The molecule has 1 aliphatic rings. The minimum Gasteiger partial charge on any atom is -0.497 e. The van der Waals surface area contributed by atoms with E-state index >= 15 is 0 Å². The van der Waals surface area contributed by atoms with E-state index < -0.39 is 25.5 Å². The van der Waals surface area contributed by atoms with E-state index in [2.05, 4.69) is 0 Å². The molecule has 114 valence electrons. The monoisotopic (exact) mass is 305 g/mol. The van der Waals surface area contributed by atoms with Gasteiger partial charge in [-0.3, -0.25) is 0 Å². The quantitative estimate of drug-likeness (QED) is 0.928. The van der Waals surface area contributed by atoms with Crippen LogP contribution in [-0.2, 0) is 5.60 Å². The zero-order valence-electron chi connectivity index (χ0n) is 17.6. The number of hydrogen-bond donors (Lipinski definition) is 1. The van der Waals surface area contributed by atoms with Crippen LogP contribution in [0.2, 0.25) is 0 Å². The fourth-order valence-corrected chi connectivity index (χ4v) is 2.96. The summed E-state index contributed by atoms with van der Waals surface area (Å²) >= 11 is 0. The number of methoxy groups -OCH3 is 1. The van der Waals surface area contributed by atoms with Gasteiger partial charge in [-0.05, 0) is 44.5 Å². The molecule has 0 bridgehead atoms. The van der Waals surface area contributed by atoms with Crippen molar-refractivity contribution in [3.05, 3.63) is 29.8 Å². The van der Waals surface area contributed by atoms with Crippen LogP contribution in [0.5, 0.6) is 5.75 Å². The first-order valence-electron chi connectivity index (χ1n) is 9.63. The van der Waals surface area contributed by atoms with Crippen molar-refractivity contribution in [1.29, 1.82) is 0 Å². The normalized spacial score (nSPS) is 31.9.